The molecule has 0 aliphatic carbocycles. The highest BCUT2D eigenvalue weighted by Crippen LogP contribution is 2.50. The molecule has 39 heavy (non-hydrogen) atoms. The van der Waals surface area contributed by atoms with Gasteiger partial charge in [-0.15, -0.1) is 0 Å². The lowest BCUT2D eigenvalue weighted by Crippen LogP contribution is -2.28. The predicted molar refractivity (Wildman–Crippen MR) is 125 cm³/mol. The number of pyridine rings is 1. The molecule has 3 aromatic rings. The monoisotopic (exact) mass is 579 g/mol. The van der Waals surface area contributed by atoms with Gasteiger partial charge in [0.1, 0.15) is 11.3 Å². The quantitative estimate of drug-likeness (QED) is 0.407. The molecule has 1 amide bonds. The lowest BCUT2D eigenvalue weighted by atomic mass is 10.0. The van der Waals surface area contributed by atoms with Crippen molar-refractivity contribution in [3.05, 3.63) is 58.8 Å². The standard InChI is InChI=1S/C23H19F6N3O6S/c1-11-7-12(8-39(30,35)36)4-5-14(11)32-20(33)15-16(21(32)34)19(38-10-23(27,28)29)17-13(3-2-6-31-17)18(15)37-9-22(24,25)26/h2-7,21,34H,8-10H2,1H3,(H2,30,35,36). The van der Waals surface area contributed by atoms with Gasteiger partial charge in [-0.3, -0.25) is 14.7 Å². The minimum absolute atomic E-state index is 0.0116. The molecule has 0 bridgehead atoms. The van der Waals surface area contributed by atoms with Crippen LogP contribution in [0.1, 0.15) is 33.3 Å². The minimum atomic E-state index is -4.84. The maximum absolute atomic E-state index is 13.6. The summed E-state index contributed by atoms with van der Waals surface area (Å²) in [7, 11) is -3.92. The number of halogens is 6. The normalized spacial score (nSPS) is 16.1. The van der Waals surface area contributed by atoms with Gasteiger partial charge in [0.25, 0.3) is 5.91 Å². The molecule has 0 radical (unpaired) electrons. The molecule has 0 spiro atoms. The Morgan fingerprint density at radius 1 is 1.05 bits per heavy atom. The number of primary sulfonamides is 1. The van der Waals surface area contributed by atoms with Crippen LogP contribution < -0.4 is 19.5 Å². The van der Waals surface area contributed by atoms with E-state index in [2.05, 4.69) is 4.98 Å². The Balaban J connectivity index is 1.92. The van der Waals surface area contributed by atoms with Crippen molar-refractivity contribution < 1.29 is 54.1 Å². The van der Waals surface area contributed by atoms with Gasteiger partial charge in [0.15, 0.2) is 25.2 Å². The largest absolute Gasteiger partial charge is 0.483 e. The summed E-state index contributed by atoms with van der Waals surface area (Å²) in [6.45, 7) is -2.25. The molecule has 1 aliphatic heterocycles. The van der Waals surface area contributed by atoms with Gasteiger partial charge in [0.2, 0.25) is 10.0 Å². The molecule has 16 heteroatoms. The van der Waals surface area contributed by atoms with Crippen LogP contribution in [0.25, 0.3) is 10.9 Å². The van der Waals surface area contributed by atoms with E-state index in [9.17, 15) is 44.7 Å². The fourth-order valence-corrected chi connectivity index (χ4v) is 4.89. The second-order valence-corrected chi connectivity index (χ2v) is 10.2. The highest BCUT2D eigenvalue weighted by atomic mass is 32.2. The van der Waals surface area contributed by atoms with E-state index in [1.54, 1.807) is 0 Å². The third-order valence-corrected chi connectivity index (χ3v) is 6.33. The molecule has 0 saturated carbocycles. The van der Waals surface area contributed by atoms with Crippen LogP contribution in [0.3, 0.4) is 0 Å². The van der Waals surface area contributed by atoms with Crippen LogP contribution in [0.15, 0.2) is 36.5 Å². The van der Waals surface area contributed by atoms with Gasteiger partial charge < -0.3 is 14.6 Å². The molecule has 2 aromatic carbocycles. The fourth-order valence-electron chi connectivity index (χ4n) is 4.24. The molecule has 1 aromatic heterocycles. The number of hydrogen-bond acceptors (Lipinski definition) is 7. The van der Waals surface area contributed by atoms with Crippen LogP contribution in [0, 0.1) is 6.92 Å². The molecule has 0 saturated heterocycles. The van der Waals surface area contributed by atoms with Crippen LogP contribution in [-0.2, 0) is 15.8 Å². The van der Waals surface area contributed by atoms with Crippen molar-refractivity contribution in [2.45, 2.75) is 31.3 Å². The highest BCUT2D eigenvalue weighted by molar-refractivity contribution is 7.88. The number of amides is 1. The number of rotatable bonds is 7. The number of aromatic nitrogens is 1. The summed E-state index contributed by atoms with van der Waals surface area (Å²) in [5.74, 6) is -2.96. The first kappa shape index (κ1) is 28.4. The first-order chi connectivity index (χ1) is 18.0. The van der Waals surface area contributed by atoms with Gasteiger partial charge >= 0.3 is 12.4 Å². The van der Waals surface area contributed by atoms with E-state index < -0.39 is 76.1 Å². The number of carbonyl (C=O) groups is 1. The van der Waals surface area contributed by atoms with Crippen LogP contribution in [0.5, 0.6) is 11.5 Å². The lowest BCUT2D eigenvalue weighted by Gasteiger charge is -2.24. The van der Waals surface area contributed by atoms with Crippen molar-refractivity contribution in [1.82, 2.24) is 4.98 Å². The average molecular weight is 579 g/mol. The first-order valence-corrected chi connectivity index (χ1v) is 12.6. The number of anilines is 1. The number of carbonyl (C=O) groups excluding carboxylic acids is 1. The molecule has 1 atom stereocenters. The number of ether oxygens (including phenoxy) is 2. The maximum atomic E-state index is 13.6. The summed E-state index contributed by atoms with van der Waals surface area (Å²) >= 11 is 0. The SMILES string of the molecule is Cc1cc(CS(N)(=O)=O)ccc1N1C(=O)c2c(c(OCC(F)(F)F)c3ncccc3c2OCC(F)(F)F)C1O. The summed E-state index contributed by atoms with van der Waals surface area (Å²) in [4.78, 5) is 18.3. The Labute approximate surface area is 216 Å². The molecule has 0 fully saturated rings. The van der Waals surface area contributed by atoms with Gasteiger partial charge in [-0.25, -0.2) is 13.6 Å². The van der Waals surface area contributed by atoms with Crippen molar-refractivity contribution in [2.75, 3.05) is 18.1 Å². The molecule has 210 valence electrons. The summed E-state index contributed by atoms with van der Waals surface area (Å²) in [5, 5.41) is 16.0. The number of nitrogens with zero attached hydrogens (tertiary/aromatic N) is 2. The number of aliphatic hydroxyl groups is 1. The number of alkyl halides is 6. The molecule has 4 rings (SSSR count). The van der Waals surface area contributed by atoms with E-state index in [1.807, 2.05) is 0 Å². The second kappa shape index (κ2) is 9.84. The van der Waals surface area contributed by atoms with Gasteiger partial charge in [-0.2, -0.15) is 26.3 Å². The summed E-state index contributed by atoms with van der Waals surface area (Å²) in [6, 6.07) is 6.35. The van der Waals surface area contributed by atoms with E-state index in [0.717, 1.165) is 11.1 Å². The Morgan fingerprint density at radius 3 is 2.23 bits per heavy atom. The summed E-state index contributed by atoms with van der Waals surface area (Å²) in [6.07, 6.45) is -10.6. The number of fused-ring (bicyclic) bond motifs is 2. The number of aryl methyl sites for hydroxylation is 1. The topological polar surface area (TPSA) is 132 Å². The van der Waals surface area contributed by atoms with Gasteiger partial charge in [0.05, 0.1) is 16.9 Å². The number of aliphatic hydroxyl groups excluding tert-OH is 1. The smallest absolute Gasteiger partial charge is 0.422 e. The number of sulfonamides is 1. The third kappa shape index (κ3) is 6.02. The van der Waals surface area contributed by atoms with Gasteiger partial charge in [-0.05, 0) is 36.2 Å². The minimum Gasteiger partial charge on any atom is -0.483 e. The van der Waals surface area contributed by atoms with E-state index in [-0.39, 0.29) is 27.7 Å². The molecule has 3 N–H and O–H groups in total. The Bertz CT molecular complexity index is 1560. The van der Waals surface area contributed by atoms with Crippen molar-refractivity contribution in [3.63, 3.8) is 0 Å². The average Bonchev–Trinajstić information content (AvgIpc) is 3.04. The summed E-state index contributed by atoms with van der Waals surface area (Å²) < 4.78 is 111. The Kier molecular flexibility index (Phi) is 7.16. The second-order valence-electron chi connectivity index (χ2n) is 8.63. The Hall–Kier alpha value is -3.63. The first-order valence-electron chi connectivity index (χ1n) is 10.9. The van der Waals surface area contributed by atoms with Crippen molar-refractivity contribution in [2.24, 2.45) is 5.14 Å². The Morgan fingerprint density at radius 2 is 1.67 bits per heavy atom. The van der Waals surface area contributed by atoms with E-state index in [1.165, 1.54) is 37.3 Å². The number of hydrogen-bond donors (Lipinski definition) is 2. The van der Waals surface area contributed by atoms with Crippen LogP contribution >= 0.6 is 0 Å². The van der Waals surface area contributed by atoms with Gasteiger partial charge in [0, 0.05) is 17.3 Å². The molecule has 1 unspecified atom stereocenters. The molecule has 9 nitrogen and oxygen atoms in total. The number of benzene rings is 2. The van der Waals surface area contributed by atoms with E-state index in [0.29, 0.717) is 0 Å². The fraction of sp³-hybridized carbons (Fsp3) is 0.304. The molecule has 1 aliphatic rings. The van der Waals surface area contributed by atoms with E-state index in [4.69, 9.17) is 14.6 Å². The molecule has 2 heterocycles. The number of nitrogens with two attached hydrogens (primary N) is 1. The zero-order valence-electron chi connectivity index (χ0n) is 19.8. The zero-order chi connectivity index (χ0) is 28.9. The van der Waals surface area contributed by atoms with Crippen molar-refractivity contribution in [1.29, 1.82) is 0 Å². The van der Waals surface area contributed by atoms with Gasteiger partial charge in [-0.1, -0.05) is 12.1 Å². The van der Waals surface area contributed by atoms with Crippen LogP contribution in [0.2, 0.25) is 0 Å². The van der Waals surface area contributed by atoms with E-state index >= 15 is 0 Å². The highest BCUT2D eigenvalue weighted by Gasteiger charge is 2.45. The third-order valence-electron chi connectivity index (χ3n) is 5.59. The van der Waals surface area contributed by atoms with Crippen molar-refractivity contribution >= 4 is 32.5 Å². The lowest BCUT2D eigenvalue weighted by molar-refractivity contribution is -0.154. The molecular weight excluding hydrogens is 560 g/mol. The molecular formula is C23H19F6N3O6S. The van der Waals surface area contributed by atoms with Crippen LogP contribution in [-0.4, -0.2) is 50.0 Å². The van der Waals surface area contributed by atoms with Crippen LogP contribution in [0.4, 0.5) is 32.0 Å². The maximum Gasteiger partial charge on any atom is 0.422 e. The van der Waals surface area contributed by atoms with Crippen molar-refractivity contribution in [3.8, 4) is 11.5 Å². The zero-order valence-corrected chi connectivity index (χ0v) is 20.6. The summed E-state index contributed by atoms with van der Waals surface area (Å²) in [5.41, 5.74) is -1.11. The predicted octanol–water partition coefficient (Wildman–Crippen LogP) is 3.87.